The van der Waals surface area contributed by atoms with Crippen LogP contribution in [0.5, 0.6) is 0 Å². The van der Waals surface area contributed by atoms with Crippen LogP contribution in [0.15, 0.2) is 46.9 Å². The Kier molecular flexibility index (Phi) is 5.84. The summed E-state index contributed by atoms with van der Waals surface area (Å²) in [4.78, 5) is -0.315. The fourth-order valence-corrected chi connectivity index (χ4v) is 4.94. The lowest BCUT2D eigenvalue weighted by molar-refractivity contribution is -0.330. The number of hydrogen-bond donors (Lipinski definition) is 0. The normalized spacial score (nSPS) is 22.1. The number of rotatable bonds is 4. The molecule has 2 rings (SSSR count). The summed E-state index contributed by atoms with van der Waals surface area (Å²) >= 11 is 1.31. The lowest BCUT2D eigenvalue weighted by atomic mass is 9.75. The molecule has 1 aromatic carbocycles. The number of allylic oxidation sites excluding steroid dienone is 3. The van der Waals surface area contributed by atoms with Gasteiger partial charge in [-0.15, -0.1) is 0 Å². The Balaban J connectivity index is 2.43. The van der Waals surface area contributed by atoms with Crippen molar-refractivity contribution in [2.75, 3.05) is 0 Å². The SMILES string of the molecule is CC1=CC(SC(F)(F)C(F)(F)C(F)(F)F)=CC(C)(c2ccccc2I)C1. The van der Waals surface area contributed by atoms with E-state index in [0.29, 0.717) is 12.0 Å². The summed E-state index contributed by atoms with van der Waals surface area (Å²) in [5.74, 6) is -6.14. The zero-order valence-corrected chi connectivity index (χ0v) is 16.6. The highest BCUT2D eigenvalue weighted by atomic mass is 127. The molecule has 0 saturated heterocycles. The Bertz CT molecular complexity index is 752. The van der Waals surface area contributed by atoms with Crippen LogP contribution in [0.1, 0.15) is 25.8 Å². The van der Waals surface area contributed by atoms with Crippen molar-refractivity contribution < 1.29 is 30.7 Å². The average Bonchev–Trinajstić information content (AvgIpc) is 2.44. The van der Waals surface area contributed by atoms with Crippen LogP contribution in [0.3, 0.4) is 0 Å². The van der Waals surface area contributed by atoms with E-state index in [0.717, 1.165) is 9.13 Å². The van der Waals surface area contributed by atoms with E-state index >= 15 is 0 Å². The molecule has 0 bridgehead atoms. The van der Waals surface area contributed by atoms with Crippen LogP contribution >= 0.6 is 34.4 Å². The Morgan fingerprint density at radius 2 is 1.62 bits per heavy atom. The lowest BCUT2D eigenvalue weighted by Gasteiger charge is -2.34. The molecule has 1 aliphatic rings. The molecule has 0 aromatic heterocycles. The molecular weight excluding hydrogens is 496 g/mol. The summed E-state index contributed by atoms with van der Waals surface area (Å²) in [5.41, 5.74) is 0.614. The van der Waals surface area contributed by atoms with Gasteiger partial charge in [-0.05, 0) is 65.4 Å². The van der Waals surface area contributed by atoms with E-state index in [1.165, 1.54) is 12.2 Å². The molecule has 26 heavy (non-hydrogen) atoms. The number of halogens is 8. The topological polar surface area (TPSA) is 0 Å². The average molecular weight is 510 g/mol. The quantitative estimate of drug-likeness (QED) is 0.303. The molecule has 0 aliphatic heterocycles. The molecule has 0 amide bonds. The monoisotopic (exact) mass is 510 g/mol. The van der Waals surface area contributed by atoms with Crippen molar-refractivity contribution in [3.05, 3.63) is 56.0 Å². The minimum absolute atomic E-state index is 0.315. The smallest absolute Gasteiger partial charge is 0.188 e. The largest absolute Gasteiger partial charge is 0.460 e. The number of alkyl halides is 7. The Labute approximate surface area is 164 Å². The van der Waals surface area contributed by atoms with Crippen molar-refractivity contribution >= 4 is 34.4 Å². The molecule has 0 fully saturated rings. The molecule has 0 nitrogen and oxygen atoms in total. The number of benzene rings is 1. The Morgan fingerprint density at radius 1 is 1.04 bits per heavy atom. The summed E-state index contributed by atoms with van der Waals surface area (Å²) in [5, 5.41) is -5.32. The molecule has 1 atom stereocenters. The van der Waals surface area contributed by atoms with E-state index in [1.54, 1.807) is 32.0 Å². The molecule has 0 spiro atoms. The van der Waals surface area contributed by atoms with Gasteiger partial charge in [0.2, 0.25) is 0 Å². The number of thioether (sulfide) groups is 1. The Morgan fingerprint density at radius 3 is 2.15 bits per heavy atom. The zero-order valence-electron chi connectivity index (χ0n) is 13.6. The highest BCUT2D eigenvalue weighted by Gasteiger charge is 2.73. The maximum atomic E-state index is 13.8. The first-order valence-corrected chi connectivity index (χ1v) is 9.25. The molecule has 0 heterocycles. The van der Waals surface area contributed by atoms with Gasteiger partial charge >= 0.3 is 17.4 Å². The van der Waals surface area contributed by atoms with Gasteiger partial charge in [0, 0.05) is 13.9 Å². The van der Waals surface area contributed by atoms with Crippen molar-refractivity contribution in [1.29, 1.82) is 0 Å². The number of hydrogen-bond acceptors (Lipinski definition) is 1. The van der Waals surface area contributed by atoms with Gasteiger partial charge in [-0.2, -0.15) is 30.7 Å². The second-order valence-electron chi connectivity index (χ2n) is 6.30. The maximum Gasteiger partial charge on any atom is 0.460 e. The van der Waals surface area contributed by atoms with Gasteiger partial charge < -0.3 is 0 Å². The molecule has 0 radical (unpaired) electrons. The standard InChI is InChI=1S/C17H14F7IS/c1-10-7-11(26-17(23,24)15(18,19)16(20,21)22)9-14(2,8-10)12-5-3-4-6-13(12)25/h3-7,9H,8H2,1-2H3. The first-order chi connectivity index (χ1) is 11.7. The van der Waals surface area contributed by atoms with E-state index in [2.05, 4.69) is 22.6 Å². The van der Waals surface area contributed by atoms with Gasteiger partial charge in [0.25, 0.3) is 0 Å². The summed E-state index contributed by atoms with van der Waals surface area (Å²) in [6.07, 6.45) is -3.33. The highest BCUT2D eigenvalue weighted by Crippen LogP contribution is 2.55. The van der Waals surface area contributed by atoms with Crippen LogP contribution < -0.4 is 0 Å². The van der Waals surface area contributed by atoms with Gasteiger partial charge in [-0.25, -0.2) is 0 Å². The van der Waals surface area contributed by atoms with E-state index in [4.69, 9.17) is 0 Å². The molecule has 144 valence electrons. The van der Waals surface area contributed by atoms with Gasteiger partial charge in [0.05, 0.1) is 0 Å². The molecule has 1 unspecified atom stereocenters. The van der Waals surface area contributed by atoms with E-state index in [-0.39, 0.29) is 4.91 Å². The minimum Gasteiger partial charge on any atom is -0.188 e. The van der Waals surface area contributed by atoms with Crippen molar-refractivity contribution in [2.24, 2.45) is 0 Å². The van der Waals surface area contributed by atoms with Crippen LogP contribution in [-0.2, 0) is 5.41 Å². The van der Waals surface area contributed by atoms with Crippen LogP contribution in [0.25, 0.3) is 0 Å². The second-order valence-corrected chi connectivity index (χ2v) is 8.65. The zero-order chi connectivity index (χ0) is 20.0. The lowest BCUT2D eigenvalue weighted by Crippen LogP contribution is -2.50. The van der Waals surface area contributed by atoms with Crippen LogP contribution in [-0.4, -0.2) is 17.4 Å². The molecule has 0 saturated carbocycles. The predicted octanol–water partition coefficient (Wildman–Crippen LogP) is 7.31. The second kappa shape index (κ2) is 7.03. The van der Waals surface area contributed by atoms with Crippen molar-refractivity contribution in [2.45, 2.75) is 43.0 Å². The van der Waals surface area contributed by atoms with Gasteiger partial charge in [0.15, 0.2) is 0 Å². The Hall–Kier alpha value is -0.710. The molecule has 9 heteroatoms. The van der Waals surface area contributed by atoms with Crippen molar-refractivity contribution in [3.63, 3.8) is 0 Å². The van der Waals surface area contributed by atoms with E-state index in [9.17, 15) is 30.7 Å². The molecule has 1 aliphatic carbocycles. The summed E-state index contributed by atoms with van der Waals surface area (Å²) in [6.45, 7) is 3.36. The molecule has 1 aromatic rings. The first kappa shape index (κ1) is 21.6. The third kappa shape index (κ3) is 4.07. The van der Waals surface area contributed by atoms with E-state index < -0.39 is 34.5 Å². The van der Waals surface area contributed by atoms with Crippen LogP contribution in [0, 0.1) is 3.57 Å². The van der Waals surface area contributed by atoms with Crippen LogP contribution in [0.4, 0.5) is 30.7 Å². The van der Waals surface area contributed by atoms with Gasteiger partial charge in [0.1, 0.15) is 0 Å². The highest BCUT2D eigenvalue weighted by molar-refractivity contribution is 14.1. The van der Waals surface area contributed by atoms with Crippen molar-refractivity contribution in [3.8, 4) is 0 Å². The summed E-state index contributed by atoms with van der Waals surface area (Å²) < 4.78 is 91.8. The third-order valence-corrected chi connectivity index (χ3v) is 5.88. The van der Waals surface area contributed by atoms with Gasteiger partial charge in [-0.1, -0.05) is 36.8 Å². The summed E-state index contributed by atoms with van der Waals surface area (Å²) in [6, 6.07) is 7.13. The summed E-state index contributed by atoms with van der Waals surface area (Å²) in [7, 11) is 0. The maximum absolute atomic E-state index is 13.8. The first-order valence-electron chi connectivity index (χ1n) is 7.36. The molecular formula is C17H14F7IS. The fraction of sp³-hybridized carbons (Fsp3) is 0.412. The minimum atomic E-state index is -6.34. The fourth-order valence-electron chi connectivity index (χ4n) is 2.81. The van der Waals surface area contributed by atoms with Crippen LogP contribution in [0.2, 0.25) is 0 Å². The third-order valence-electron chi connectivity index (χ3n) is 3.95. The predicted molar refractivity (Wildman–Crippen MR) is 96.5 cm³/mol. The van der Waals surface area contributed by atoms with Gasteiger partial charge in [-0.3, -0.25) is 0 Å². The van der Waals surface area contributed by atoms with Crippen molar-refractivity contribution in [1.82, 2.24) is 0 Å². The van der Waals surface area contributed by atoms with E-state index in [1.807, 2.05) is 6.07 Å². The molecule has 0 N–H and O–H groups in total.